The molecule has 0 radical (unpaired) electrons. The van der Waals surface area contributed by atoms with Crippen LogP contribution in [0.3, 0.4) is 0 Å². The van der Waals surface area contributed by atoms with Gasteiger partial charge in [0.25, 0.3) is 5.91 Å². The number of amides is 2. The molecule has 0 atom stereocenters. The standard InChI is InChI=1S/C16H23N3O2/c1-12(20)19-9-7-15(8-10-19)18-11-13-3-5-14(6-4-13)16(21)17-2/h3-6,15,18H,7-11H2,1-2H3,(H,17,21). The van der Waals surface area contributed by atoms with Crippen LogP contribution in [0.2, 0.25) is 0 Å². The van der Waals surface area contributed by atoms with Crippen LogP contribution in [0, 0.1) is 0 Å². The molecule has 2 rings (SSSR count). The van der Waals surface area contributed by atoms with E-state index in [0.29, 0.717) is 11.6 Å². The van der Waals surface area contributed by atoms with Crippen LogP contribution in [0.1, 0.15) is 35.7 Å². The molecule has 1 saturated heterocycles. The number of nitrogens with one attached hydrogen (secondary N) is 2. The number of nitrogens with zero attached hydrogens (tertiary/aromatic N) is 1. The summed E-state index contributed by atoms with van der Waals surface area (Å²) in [5.41, 5.74) is 1.84. The van der Waals surface area contributed by atoms with Crippen LogP contribution in [-0.4, -0.2) is 42.9 Å². The Morgan fingerprint density at radius 3 is 2.33 bits per heavy atom. The molecule has 21 heavy (non-hydrogen) atoms. The molecule has 0 spiro atoms. The number of hydrogen-bond acceptors (Lipinski definition) is 3. The first-order valence-electron chi connectivity index (χ1n) is 7.40. The Morgan fingerprint density at radius 2 is 1.81 bits per heavy atom. The Kier molecular flexibility index (Phi) is 5.33. The maximum atomic E-state index is 11.5. The molecule has 1 aliphatic heterocycles. The molecule has 2 amide bonds. The highest BCUT2D eigenvalue weighted by Gasteiger charge is 2.19. The topological polar surface area (TPSA) is 61.4 Å². The Balaban J connectivity index is 1.79. The van der Waals surface area contributed by atoms with E-state index in [1.807, 2.05) is 29.2 Å². The molecule has 1 aromatic carbocycles. The van der Waals surface area contributed by atoms with Crippen molar-refractivity contribution in [3.8, 4) is 0 Å². The molecule has 0 aliphatic carbocycles. The van der Waals surface area contributed by atoms with E-state index in [1.165, 1.54) is 0 Å². The minimum Gasteiger partial charge on any atom is -0.355 e. The van der Waals surface area contributed by atoms with Gasteiger partial charge in [0.2, 0.25) is 5.91 Å². The van der Waals surface area contributed by atoms with Crippen molar-refractivity contribution in [1.29, 1.82) is 0 Å². The van der Waals surface area contributed by atoms with Crippen molar-refractivity contribution >= 4 is 11.8 Å². The normalized spacial score (nSPS) is 15.8. The van der Waals surface area contributed by atoms with Gasteiger partial charge in [-0.25, -0.2) is 0 Å². The minimum absolute atomic E-state index is 0.0638. The molecule has 1 aliphatic rings. The van der Waals surface area contributed by atoms with Gasteiger partial charge < -0.3 is 15.5 Å². The summed E-state index contributed by atoms with van der Waals surface area (Å²) in [7, 11) is 1.63. The molecule has 0 bridgehead atoms. The van der Waals surface area contributed by atoms with E-state index in [1.54, 1.807) is 14.0 Å². The molecule has 5 heteroatoms. The molecule has 114 valence electrons. The average molecular weight is 289 g/mol. The number of benzene rings is 1. The van der Waals surface area contributed by atoms with Crippen LogP contribution < -0.4 is 10.6 Å². The van der Waals surface area contributed by atoms with Crippen molar-refractivity contribution in [2.45, 2.75) is 32.4 Å². The predicted molar refractivity (Wildman–Crippen MR) is 81.9 cm³/mol. The SMILES string of the molecule is CNC(=O)c1ccc(CNC2CCN(C(C)=O)CC2)cc1. The third-order valence-electron chi connectivity index (χ3n) is 3.98. The number of likely N-dealkylation sites (tertiary alicyclic amines) is 1. The lowest BCUT2D eigenvalue weighted by Gasteiger charge is -2.31. The first-order valence-corrected chi connectivity index (χ1v) is 7.40. The fourth-order valence-corrected chi connectivity index (χ4v) is 2.58. The van der Waals surface area contributed by atoms with Crippen LogP contribution in [-0.2, 0) is 11.3 Å². The van der Waals surface area contributed by atoms with Gasteiger partial charge >= 0.3 is 0 Å². The van der Waals surface area contributed by atoms with Gasteiger partial charge in [0.05, 0.1) is 0 Å². The third-order valence-corrected chi connectivity index (χ3v) is 3.98. The lowest BCUT2D eigenvalue weighted by atomic mass is 10.0. The highest BCUT2D eigenvalue weighted by atomic mass is 16.2. The highest BCUT2D eigenvalue weighted by molar-refractivity contribution is 5.93. The van der Waals surface area contributed by atoms with Crippen LogP contribution >= 0.6 is 0 Å². The summed E-state index contributed by atoms with van der Waals surface area (Å²) in [4.78, 5) is 24.6. The summed E-state index contributed by atoms with van der Waals surface area (Å²) < 4.78 is 0. The maximum absolute atomic E-state index is 11.5. The largest absolute Gasteiger partial charge is 0.355 e. The Hall–Kier alpha value is -1.88. The first-order chi connectivity index (χ1) is 10.1. The fourth-order valence-electron chi connectivity index (χ4n) is 2.58. The zero-order valence-electron chi connectivity index (χ0n) is 12.7. The molecule has 1 fully saturated rings. The van der Waals surface area contributed by atoms with Gasteiger partial charge in [-0.15, -0.1) is 0 Å². The Morgan fingerprint density at radius 1 is 1.19 bits per heavy atom. The summed E-state index contributed by atoms with van der Waals surface area (Å²) in [5, 5.41) is 6.13. The molecule has 0 saturated carbocycles. The van der Waals surface area contributed by atoms with Crippen molar-refractivity contribution in [2.24, 2.45) is 0 Å². The molecule has 1 heterocycles. The molecule has 5 nitrogen and oxygen atoms in total. The van der Waals surface area contributed by atoms with Gasteiger partial charge in [0.15, 0.2) is 0 Å². The van der Waals surface area contributed by atoms with Gasteiger partial charge in [-0.1, -0.05) is 12.1 Å². The van der Waals surface area contributed by atoms with E-state index in [4.69, 9.17) is 0 Å². The molecule has 1 aromatic rings. The maximum Gasteiger partial charge on any atom is 0.251 e. The number of piperidine rings is 1. The van der Waals surface area contributed by atoms with E-state index in [0.717, 1.165) is 38.0 Å². The second-order valence-electron chi connectivity index (χ2n) is 5.44. The molecular formula is C16H23N3O2. The molecule has 2 N–H and O–H groups in total. The van der Waals surface area contributed by atoms with E-state index in [2.05, 4.69) is 10.6 Å². The average Bonchev–Trinajstić information content (AvgIpc) is 2.53. The Labute approximate surface area is 125 Å². The monoisotopic (exact) mass is 289 g/mol. The second kappa shape index (κ2) is 7.22. The fraction of sp³-hybridized carbons (Fsp3) is 0.500. The molecule has 0 unspecified atom stereocenters. The lowest BCUT2D eigenvalue weighted by molar-refractivity contribution is -0.129. The number of hydrogen-bond donors (Lipinski definition) is 2. The summed E-state index contributed by atoms with van der Waals surface area (Å²) in [5.74, 6) is 0.101. The lowest BCUT2D eigenvalue weighted by Crippen LogP contribution is -2.43. The third kappa shape index (κ3) is 4.29. The van der Waals surface area contributed by atoms with E-state index >= 15 is 0 Å². The minimum atomic E-state index is -0.0638. The van der Waals surface area contributed by atoms with E-state index in [9.17, 15) is 9.59 Å². The number of carbonyl (C=O) groups is 2. The quantitative estimate of drug-likeness (QED) is 0.874. The summed E-state index contributed by atoms with van der Waals surface area (Å²) >= 11 is 0. The predicted octanol–water partition coefficient (Wildman–Crippen LogP) is 1.15. The van der Waals surface area contributed by atoms with Gasteiger partial charge in [-0.05, 0) is 30.5 Å². The Bertz CT molecular complexity index is 491. The van der Waals surface area contributed by atoms with Crippen LogP contribution in [0.25, 0.3) is 0 Å². The zero-order valence-corrected chi connectivity index (χ0v) is 12.7. The van der Waals surface area contributed by atoms with Crippen LogP contribution in [0.4, 0.5) is 0 Å². The van der Waals surface area contributed by atoms with Gasteiger partial charge in [0.1, 0.15) is 0 Å². The highest BCUT2D eigenvalue weighted by Crippen LogP contribution is 2.12. The van der Waals surface area contributed by atoms with E-state index < -0.39 is 0 Å². The van der Waals surface area contributed by atoms with Gasteiger partial charge in [0, 0.05) is 45.2 Å². The van der Waals surface area contributed by atoms with Crippen molar-refractivity contribution in [2.75, 3.05) is 20.1 Å². The van der Waals surface area contributed by atoms with Crippen LogP contribution in [0.5, 0.6) is 0 Å². The summed E-state index contributed by atoms with van der Waals surface area (Å²) in [6, 6.07) is 8.09. The van der Waals surface area contributed by atoms with Crippen LogP contribution in [0.15, 0.2) is 24.3 Å². The second-order valence-corrected chi connectivity index (χ2v) is 5.44. The first kappa shape index (κ1) is 15.5. The van der Waals surface area contributed by atoms with Crippen molar-refractivity contribution in [3.63, 3.8) is 0 Å². The summed E-state index contributed by atoms with van der Waals surface area (Å²) in [6.07, 6.45) is 1.99. The number of carbonyl (C=O) groups excluding carboxylic acids is 2. The van der Waals surface area contributed by atoms with Crippen molar-refractivity contribution in [3.05, 3.63) is 35.4 Å². The zero-order chi connectivity index (χ0) is 15.2. The molecule has 0 aromatic heterocycles. The van der Waals surface area contributed by atoms with Crippen molar-refractivity contribution < 1.29 is 9.59 Å². The smallest absolute Gasteiger partial charge is 0.251 e. The molecular weight excluding hydrogens is 266 g/mol. The number of rotatable bonds is 4. The van der Waals surface area contributed by atoms with Gasteiger partial charge in [-0.2, -0.15) is 0 Å². The van der Waals surface area contributed by atoms with E-state index in [-0.39, 0.29) is 11.8 Å². The summed E-state index contributed by atoms with van der Waals surface area (Å²) in [6.45, 7) is 4.09. The van der Waals surface area contributed by atoms with Crippen molar-refractivity contribution in [1.82, 2.24) is 15.5 Å². The van der Waals surface area contributed by atoms with Gasteiger partial charge in [-0.3, -0.25) is 9.59 Å².